The van der Waals surface area contributed by atoms with Crippen molar-refractivity contribution in [3.05, 3.63) is 57.8 Å². The van der Waals surface area contributed by atoms with E-state index in [1.54, 1.807) is 18.2 Å². The van der Waals surface area contributed by atoms with E-state index in [0.717, 1.165) is 0 Å². The number of nitrogens with one attached hydrogen (secondary N) is 1. The first-order valence-corrected chi connectivity index (χ1v) is 5.99. The highest BCUT2D eigenvalue weighted by atomic mass is 35.5. The van der Waals surface area contributed by atoms with Gasteiger partial charge in [-0.1, -0.05) is 29.3 Å². The van der Waals surface area contributed by atoms with Crippen molar-refractivity contribution in [1.82, 2.24) is 0 Å². The number of hydrogen-bond donors (Lipinski definition) is 2. The third kappa shape index (κ3) is 2.86. The molecule has 0 saturated carbocycles. The van der Waals surface area contributed by atoms with Crippen molar-refractivity contribution in [1.29, 1.82) is 0 Å². The molecule has 94 valence electrons. The standard InChI is InChI=1S/C13H10Cl2FNO/c14-10-2-1-3-11(13(10)15)17-7-8-6-9(16)4-5-12(8)18/h1-6,17-18H,7H2. The van der Waals surface area contributed by atoms with Gasteiger partial charge in [0, 0.05) is 12.1 Å². The van der Waals surface area contributed by atoms with Gasteiger partial charge in [-0.15, -0.1) is 0 Å². The number of aromatic hydroxyl groups is 1. The maximum absolute atomic E-state index is 13.0. The molecule has 0 amide bonds. The normalized spacial score (nSPS) is 10.4. The van der Waals surface area contributed by atoms with Crippen LogP contribution in [-0.4, -0.2) is 5.11 Å². The Morgan fingerprint density at radius 1 is 1.17 bits per heavy atom. The summed E-state index contributed by atoms with van der Waals surface area (Å²) in [7, 11) is 0. The number of phenols is 1. The number of anilines is 1. The second kappa shape index (κ2) is 5.46. The van der Waals surface area contributed by atoms with Crippen molar-refractivity contribution < 1.29 is 9.50 Å². The maximum atomic E-state index is 13.0. The molecule has 0 atom stereocenters. The molecular weight excluding hydrogens is 276 g/mol. The molecule has 2 aromatic rings. The third-order valence-corrected chi connectivity index (χ3v) is 3.28. The summed E-state index contributed by atoms with van der Waals surface area (Å²) in [6.07, 6.45) is 0. The molecule has 18 heavy (non-hydrogen) atoms. The minimum absolute atomic E-state index is 0.0297. The molecule has 0 unspecified atom stereocenters. The molecule has 0 spiro atoms. The van der Waals surface area contributed by atoms with E-state index in [0.29, 0.717) is 21.3 Å². The smallest absolute Gasteiger partial charge is 0.123 e. The van der Waals surface area contributed by atoms with Crippen LogP contribution in [0, 0.1) is 5.82 Å². The lowest BCUT2D eigenvalue weighted by molar-refractivity contribution is 0.466. The number of hydrogen-bond acceptors (Lipinski definition) is 2. The topological polar surface area (TPSA) is 32.3 Å². The fraction of sp³-hybridized carbons (Fsp3) is 0.0769. The minimum Gasteiger partial charge on any atom is -0.508 e. The van der Waals surface area contributed by atoms with E-state index in [1.165, 1.54) is 18.2 Å². The van der Waals surface area contributed by atoms with Crippen LogP contribution in [0.15, 0.2) is 36.4 Å². The predicted octanol–water partition coefficient (Wildman–Crippen LogP) is 4.45. The highest BCUT2D eigenvalue weighted by Gasteiger charge is 2.06. The zero-order valence-corrected chi connectivity index (χ0v) is 10.8. The Hall–Kier alpha value is -1.45. The van der Waals surface area contributed by atoms with Crippen molar-refractivity contribution in [2.75, 3.05) is 5.32 Å². The molecule has 2 aromatic carbocycles. The van der Waals surface area contributed by atoms with Gasteiger partial charge in [-0.05, 0) is 30.3 Å². The molecule has 0 saturated heterocycles. The molecule has 2 nitrogen and oxygen atoms in total. The van der Waals surface area contributed by atoms with Crippen LogP contribution < -0.4 is 5.32 Å². The summed E-state index contributed by atoms with van der Waals surface area (Å²) in [5.74, 6) is -0.371. The van der Waals surface area contributed by atoms with Gasteiger partial charge in [0.05, 0.1) is 15.7 Å². The summed E-state index contributed by atoms with van der Waals surface area (Å²) in [5.41, 5.74) is 1.08. The van der Waals surface area contributed by atoms with Gasteiger partial charge in [-0.3, -0.25) is 0 Å². The van der Waals surface area contributed by atoms with Crippen LogP contribution in [0.2, 0.25) is 10.0 Å². The minimum atomic E-state index is -0.401. The summed E-state index contributed by atoms with van der Waals surface area (Å²) in [5, 5.41) is 13.4. The van der Waals surface area contributed by atoms with Crippen molar-refractivity contribution in [3.8, 4) is 5.75 Å². The second-order valence-electron chi connectivity index (χ2n) is 3.73. The zero-order chi connectivity index (χ0) is 13.1. The average molecular weight is 286 g/mol. The van der Waals surface area contributed by atoms with E-state index < -0.39 is 5.82 Å². The molecule has 5 heteroatoms. The van der Waals surface area contributed by atoms with Crippen LogP contribution >= 0.6 is 23.2 Å². The largest absolute Gasteiger partial charge is 0.508 e. The summed E-state index contributed by atoms with van der Waals surface area (Å²) < 4.78 is 13.0. The van der Waals surface area contributed by atoms with Crippen LogP contribution in [0.3, 0.4) is 0 Å². The lowest BCUT2D eigenvalue weighted by Crippen LogP contribution is -2.00. The first kappa shape index (κ1) is 13.0. The summed E-state index contributed by atoms with van der Waals surface area (Å²) in [6.45, 7) is 0.254. The molecule has 0 aliphatic carbocycles. The fourth-order valence-electron chi connectivity index (χ4n) is 1.53. The number of halogens is 3. The van der Waals surface area contributed by atoms with Gasteiger partial charge in [0.2, 0.25) is 0 Å². The second-order valence-corrected chi connectivity index (χ2v) is 4.51. The van der Waals surface area contributed by atoms with Crippen LogP contribution in [0.5, 0.6) is 5.75 Å². The van der Waals surface area contributed by atoms with Crippen LogP contribution in [-0.2, 0) is 6.54 Å². The first-order chi connectivity index (χ1) is 8.58. The number of benzene rings is 2. The van der Waals surface area contributed by atoms with Gasteiger partial charge >= 0.3 is 0 Å². The lowest BCUT2D eigenvalue weighted by Gasteiger charge is -2.10. The lowest BCUT2D eigenvalue weighted by atomic mass is 10.2. The van der Waals surface area contributed by atoms with E-state index in [4.69, 9.17) is 23.2 Å². The molecular formula is C13H10Cl2FNO. The molecule has 2 N–H and O–H groups in total. The fourth-order valence-corrected chi connectivity index (χ4v) is 1.89. The molecule has 2 rings (SSSR count). The zero-order valence-electron chi connectivity index (χ0n) is 9.25. The summed E-state index contributed by atoms with van der Waals surface area (Å²) in [6, 6.07) is 8.96. The molecule has 0 bridgehead atoms. The maximum Gasteiger partial charge on any atom is 0.123 e. The Kier molecular flexibility index (Phi) is 3.94. The summed E-state index contributed by atoms with van der Waals surface area (Å²) >= 11 is 11.9. The number of rotatable bonds is 3. The van der Waals surface area contributed by atoms with E-state index in [-0.39, 0.29) is 12.3 Å². The van der Waals surface area contributed by atoms with E-state index in [2.05, 4.69) is 5.32 Å². The Morgan fingerprint density at radius 2 is 1.94 bits per heavy atom. The highest BCUT2D eigenvalue weighted by Crippen LogP contribution is 2.30. The van der Waals surface area contributed by atoms with Gasteiger partial charge in [0.25, 0.3) is 0 Å². The van der Waals surface area contributed by atoms with Gasteiger partial charge in [0.1, 0.15) is 11.6 Å². The number of phenolic OH excluding ortho intramolecular Hbond substituents is 1. The van der Waals surface area contributed by atoms with Crippen LogP contribution in [0.25, 0.3) is 0 Å². The van der Waals surface area contributed by atoms with Crippen LogP contribution in [0.4, 0.5) is 10.1 Å². The van der Waals surface area contributed by atoms with Gasteiger partial charge in [0.15, 0.2) is 0 Å². The van der Waals surface area contributed by atoms with Crippen molar-refractivity contribution in [2.45, 2.75) is 6.54 Å². The Labute approximate surface area is 114 Å². The van der Waals surface area contributed by atoms with Gasteiger partial charge in [-0.2, -0.15) is 0 Å². The van der Waals surface area contributed by atoms with Crippen molar-refractivity contribution in [2.24, 2.45) is 0 Å². The van der Waals surface area contributed by atoms with Crippen molar-refractivity contribution in [3.63, 3.8) is 0 Å². The molecule has 0 aromatic heterocycles. The van der Waals surface area contributed by atoms with E-state index >= 15 is 0 Å². The first-order valence-electron chi connectivity index (χ1n) is 5.23. The molecule has 0 radical (unpaired) electrons. The van der Waals surface area contributed by atoms with Crippen LogP contribution in [0.1, 0.15) is 5.56 Å². The molecule has 0 fully saturated rings. The monoisotopic (exact) mass is 285 g/mol. The van der Waals surface area contributed by atoms with E-state index in [9.17, 15) is 9.50 Å². The SMILES string of the molecule is Oc1ccc(F)cc1CNc1cccc(Cl)c1Cl. The molecule has 0 heterocycles. The Balaban J connectivity index is 2.16. The summed E-state index contributed by atoms with van der Waals surface area (Å²) in [4.78, 5) is 0. The molecule has 0 aliphatic heterocycles. The third-order valence-electron chi connectivity index (χ3n) is 2.46. The van der Waals surface area contributed by atoms with Gasteiger partial charge in [-0.25, -0.2) is 4.39 Å². The Morgan fingerprint density at radius 3 is 2.72 bits per heavy atom. The molecule has 0 aliphatic rings. The Bertz CT molecular complexity index is 573. The average Bonchev–Trinajstić information content (AvgIpc) is 2.35. The van der Waals surface area contributed by atoms with E-state index in [1.807, 2.05) is 0 Å². The van der Waals surface area contributed by atoms with Crippen molar-refractivity contribution >= 4 is 28.9 Å². The quantitative estimate of drug-likeness (QED) is 0.873. The highest BCUT2D eigenvalue weighted by molar-refractivity contribution is 6.43. The predicted molar refractivity (Wildman–Crippen MR) is 71.9 cm³/mol. The van der Waals surface area contributed by atoms with Gasteiger partial charge < -0.3 is 10.4 Å².